The van der Waals surface area contributed by atoms with E-state index in [1.807, 2.05) is 24.3 Å². The predicted molar refractivity (Wildman–Crippen MR) is 76.3 cm³/mol. The molecule has 1 saturated carbocycles. The number of carbonyl (C=O) groups is 1. The van der Waals surface area contributed by atoms with E-state index in [-0.39, 0.29) is 11.9 Å². The number of amides is 1. The van der Waals surface area contributed by atoms with Gasteiger partial charge in [0, 0.05) is 5.56 Å². The van der Waals surface area contributed by atoms with Crippen molar-refractivity contribution < 1.29 is 9.63 Å². The zero-order chi connectivity index (χ0) is 14.7. The fraction of sp³-hybridized carbons (Fsp3) is 0.200. The van der Waals surface area contributed by atoms with Gasteiger partial charge in [-0.15, -0.1) is 0 Å². The van der Waals surface area contributed by atoms with E-state index >= 15 is 0 Å². The van der Waals surface area contributed by atoms with E-state index in [9.17, 15) is 4.79 Å². The third kappa shape index (κ3) is 1.38. The Morgan fingerprint density at radius 2 is 2.23 bits per heavy atom. The summed E-state index contributed by atoms with van der Waals surface area (Å²) in [5.74, 6) is -0.122. The summed E-state index contributed by atoms with van der Waals surface area (Å²) in [5, 5.41) is 9.14. The van der Waals surface area contributed by atoms with Crippen LogP contribution in [0.5, 0.6) is 0 Å². The molecule has 2 aromatic rings. The minimum Gasteiger partial charge on any atom is -0.392 e. The minimum absolute atomic E-state index is 0.0252. The summed E-state index contributed by atoms with van der Waals surface area (Å²) in [6.45, 7) is 0. The van der Waals surface area contributed by atoms with Gasteiger partial charge < -0.3 is 10.2 Å². The van der Waals surface area contributed by atoms with Crippen LogP contribution in [0.2, 0.25) is 0 Å². The minimum atomic E-state index is -0.465. The average Bonchev–Trinajstić information content (AvgIpc) is 2.98. The van der Waals surface area contributed by atoms with E-state index in [0.29, 0.717) is 5.69 Å². The van der Waals surface area contributed by atoms with E-state index in [1.165, 1.54) is 0 Å². The normalized spacial score (nSPS) is 28.4. The molecule has 3 aliphatic rings. The molecule has 110 valence electrons. The summed E-state index contributed by atoms with van der Waals surface area (Å²) < 4.78 is 1.70. The van der Waals surface area contributed by atoms with Crippen molar-refractivity contribution in [3.8, 4) is 5.69 Å². The van der Waals surface area contributed by atoms with Crippen molar-refractivity contribution in [3.05, 3.63) is 60.2 Å². The highest BCUT2D eigenvalue weighted by molar-refractivity contribution is 5.95. The van der Waals surface area contributed by atoms with Crippen LogP contribution in [-0.4, -0.2) is 26.9 Å². The maximum Gasteiger partial charge on any atom is 0.270 e. The molecule has 1 spiro atoms. The molecular weight excluding hydrogens is 282 g/mol. The first-order valence-electron chi connectivity index (χ1n) is 7.13. The first-order chi connectivity index (χ1) is 10.8. The molecule has 1 aliphatic carbocycles. The first kappa shape index (κ1) is 11.8. The van der Waals surface area contributed by atoms with Gasteiger partial charge in [-0.05, 0) is 23.7 Å². The Hall–Kier alpha value is -2.80. The second-order valence-corrected chi connectivity index (χ2v) is 5.65. The number of rotatable bonds is 1. The number of para-hydroxylation sites is 1. The lowest BCUT2D eigenvalue weighted by atomic mass is 10.0. The molecule has 7 nitrogen and oxygen atoms in total. The van der Waals surface area contributed by atoms with Gasteiger partial charge in [0.05, 0.1) is 29.7 Å². The Balaban J connectivity index is 1.66. The number of nitrogens with one attached hydrogen (secondary N) is 2. The van der Waals surface area contributed by atoms with Crippen LogP contribution in [-0.2, 0) is 10.4 Å². The highest BCUT2D eigenvalue weighted by atomic mass is 16.7. The zero-order valence-corrected chi connectivity index (χ0v) is 11.6. The summed E-state index contributed by atoms with van der Waals surface area (Å²) in [7, 11) is 0. The molecule has 0 saturated heterocycles. The number of fused-ring (bicyclic) bond motifs is 4. The third-order valence-electron chi connectivity index (χ3n) is 4.48. The van der Waals surface area contributed by atoms with E-state index in [0.717, 1.165) is 17.7 Å². The molecule has 2 N–H and O–H groups in total. The fourth-order valence-electron chi connectivity index (χ4n) is 3.38. The largest absolute Gasteiger partial charge is 0.392 e. The Bertz CT molecular complexity index is 806. The Morgan fingerprint density at radius 1 is 1.32 bits per heavy atom. The van der Waals surface area contributed by atoms with E-state index in [1.54, 1.807) is 34.6 Å². The third-order valence-corrected chi connectivity index (χ3v) is 4.48. The number of benzene rings is 1. The standard InChI is InChI=1S/C15H13N5O2/c21-14-12-5-6-16-19(12)11-4-2-1-3-10(11)15(18-14)9-13(15)20-17-7-8-22-20/h1-8,13,17H,9H2,(H,18,21). The van der Waals surface area contributed by atoms with Gasteiger partial charge in [-0.1, -0.05) is 18.2 Å². The van der Waals surface area contributed by atoms with Gasteiger partial charge in [-0.2, -0.15) is 5.10 Å². The molecular formula is C15H13N5O2. The van der Waals surface area contributed by atoms with Crippen LogP contribution in [0.1, 0.15) is 22.5 Å². The van der Waals surface area contributed by atoms with Crippen molar-refractivity contribution in [1.82, 2.24) is 25.7 Å². The number of hydroxylamine groups is 1. The van der Waals surface area contributed by atoms with Crippen molar-refractivity contribution in [2.75, 3.05) is 0 Å². The Kier molecular flexibility index (Phi) is 2.09. The molecule has 2 unspecified atom stereocenters. The summed E-state index contributed by atoms with van der Waals surface area (Å²) in [6, 6.07) is 9.71. The van der Waals surface area contributed by atoms with Crippen LogP contribution in [0.25, 0.3) is 5.69 Å². The van der Waals surface area contributed by atoms with Crippen LogP contribution in [0.15, 0.2) is 49.0 Å². The van der Waals surface area contributed by atoms with E-state index in [4.69, 9.17) is 4.84 Å². The summed E-state index contributed by atoms with van der Waals surface area (Å²) in [5.41, 5.74) is 5.08. The van der Waals surface area contributed by atoms with E-state index < -0.39 is 5.54 Å². The van der Waals surface area contributed by atoms with Gasteiger partial charge in [-0.25, -0.2) is 4.68 Å². The lowest BCUT2D eigenvalue weighted by molar-refractivity contribution is -0.127. The number of hydrazine groups is 1. The SMILES string of the molecule is O=C1NC2(CC2N2NC=CO2)c2ccccc2-n2nccc21. The lowest BCUT2D eigenvalue weighted by Crippen LogP contribution is -2.43. The lowest BCUT2D eigenvalue weighted by Gasteiger charge is -2.22. The molecule has 2 atom stereocenters. The van der Waals surface area contributed by atoms with Crippen LogP contribution in [0.4, 0.5) is 0 Å². The van der Waals surface area contributed by atoms with Gasteiger partial charge in [0.15, 0.2) is 0 Å². The molecule has 1 aromatic carbocycles. The van der Waals surface area contributed by atoms with Gasteiger partial charge in [0.2, 0.25) is 0 Å². The number of carbonyl (C=O) groups excluding carboxylic acids is 1. The van der Waals surface area contributed by atoms with Crippen molar-refractivity contribution >= 4 is 5.91 Å². The van der Waals surface area contributed by atoms with Crippen molar-refractivity contribution in [1.29, 1.82) is 0 Å². The van der Waals surface area contributed by atoms with Crippen LogP contribution < -0.4 is 10.7 Å². The monoisotopic (exact) mass is 295 g/mol. The molecule has 7 heteroatoms. The highest BCUT2D eigenvalue weighted by Gasteiger charge is 2.63. The highest BCUT2D eigenvalue weighted by Crippen LogP contribution is 2.52. The van der Waals surface area contributed by atoms with Crippen LogP contribution in [0, 0.1) is 0 Å². The Labute approximate surface area is 126 Å². The molecule has 2 aliphatic heterocycles. The van der Waals surface area contributed by atoms with Gasteiger partial charge in [0.25, 0.3) is 5.91 Å². The van der Waals surface area contributed by atoms with Crippen molar-refractivity contribution in [2.24, 2.45) is 0 Å². The first-order valence-corrected chi connectivity index (χ1v) is 7.13. The fourth-order valence-corrected chi connectivity index (χ4v) is 3.38. The van der Waals surface area contributed by atoms with Crippen molar-refractivity contribution in [2.45, 2.75) is 18.0 Å². The van der Waals surface area contributed by atoms with Crippen LogP contribution in [0.3, 0.4) is 0 Å². The molecule has 0 bridgehead atoms. The second-order valence-electron chi connectivity index (χ2n) is 5.65. The Morgan fingerprint density at radius 3 is 3.09 bits per heavy atom. The molecule has 1 fully saturated rings. The zero-order valence-electron chi connectivity index (χ0n) is 11.6. The molecule has 0 radical (unpaired) electrons. The summed E-state index contributed by atoms with van der Waals surface area (Å²) in [4.78, 5) is 18.0. The van der Waals surface area contributed by atoms with Crippen LogP contribution >= 0.6 is 0 Å². The second kappa shape index (κ2) is 3.89. The molecule has 22 heavy (non-hydrogen) atoms. The van der Waals surface area contributed by atoms with Gasteiger partial charge in [0.1, 0.15) is 12.0 Å². The summed E-state index contributed by atoms with van der Waals surface area (Å²) >= 11 is 0. The number of hydrogen-bond acceptors (Lipinski definition) is 5. The van der Waals surface area contributed by atoms with Gasteiger partial charge in [-0.3, -0.25) is 10.2 Å². The predicted octanol–water partition coefficient (Wildman–Crippen LogP) is 0.806. The smallest absolute Gasteiger partial charge is 0.270 e. The molecule has 5 rings (SSSR count). The topological polar surface area (TPSA) is 71.4 Å². The van der Waals surface area contributed by atoms with Crippen molar-refractivity contribution in [3.63, 3.8) is 0 Å². The summed E-state index contributed by atoms with van der Waals surface area (Å²) in [6.07, 6.45) is 5.72. The average molecular weight is 295 g/mol. The molecule has 1 amide bonds. The maximum absolute atomic E-state index is 12.6. The molecule has 1 aromatic heterocycles. The quantitative estimate of drug-likeness (QED) is 0.814. The number of aromatic nitrogens is 2. The number of hydrogen-bond donors (Lipinski definition) is 2. The van der Waals surface area contributed by atoms with Gasteiger partial charge >= 0.3 is 0 Å². The maximum atomic E-state index is 12.6. The number of nitrogens with zero attached hydrogens (tertiary/aromatic N) is 3. The van der Waals surface area contributed by atoms with E-state index in [2.05, 4.69) is 15.8 Å². The molecule has 3 heterocycles.